The molecule has 6 heteroatoms. The first-order valence-electron chi connectivity index (χ1n) is 7.30. The van der Waals surface area contributed by atoms with Crippen molar-refractivity contribution in [2.45, 2.75) is 13.1 Å². The molecule has 0 bridgehead atoms. The van der Waals surface area contributed by atoms with Crippen molar-refractivity contribution in [2.24, 2.45) is 5.73 Å². The molecular weight excluding hydrogens is 296 g/mol. The van der Waals surface area contributed by atoms with Crippen LogP contribution in [0, 0.1) is 0 Å². The summed E-state index contributed by atoms with van der Waals surface area (Å²) in [6.45, 7) is 1.56. The maximum Gasteiger partial charge on any atom is 0.255 e. The molecule has 1 heterocycles. The molecule has 0 spiro atoms. The second-order valence-electron chi connectivity index (χ2n) is 5.15. The SMILES string of the molecule is NC(=O)COc1ccc(CNCc2cccc3c2OCO3)cc1. The van der Waals surface area contributed by atoms with E-state index in [-0.39, 0.29) is 13.4 Å². The molecular formula is C17H18N2O4. The van der Waals surface area contributed by atoms with E-state index in [1.165, 1.54) is 0 Å². The van der Waals surface area contributed by atoms with E-state index in [0.717, 1.165) is 22.6 Å². The summed E-state index contributed by atoms with van der Waals surface area (Å²) >= 11 is 0. The van der Waals surface area contributed by atoms with Crippen LogP contribution >= 0.6 is 0 Å². The topological polar surface area (TPSA) is 82.8 Å². The zero-order chi connectivity index (χ0) is 16.1. The monoisotopic (exact) mass is 314 g/mol. The number of nitrogens with one attached hydrogen (secondary N) is 1. The van der Waals surface area contributed by atoms with Crippen LogP contribution in [0.3, 0.4) is 0 Å². The Hall–Kier alpha value is -2.73. The average molecular weight is 314 g/mol. The molecule has 6 nitrogen and oxygen atoms in total. The zero-order valence-electron chi connectivity index (χ0n) is 12.6. The number of fused-ring (bicyclic) bond motifs is 1. The molecule has 1 aliphatic rings. The fraction of sp³-hybridized carbons (Fsp3) is 0.235. The molecule has 2 aromatic rings. The van der Waals surface area contributed by atoms with Crippen LogP contribution in [0.15, 0.2) is 42.5 Å². The van der Waals surface area contributed by atoms with Crippen LogP contribution in [0.5, 0.6) is 17.2 Å². The third-order valence-corrected chi connectivity index (χ3v) is 3.43. The van der Waals surface area contributed by atoms with Gasteiger partial charge in [-0.3, -0.25) is 4.79 Å². The lowest BCUT2D eigenvalue weighted by atomic mass is 10.1. The van der Waals surface area contributed by atoms with Gasteiger partial charge in [-0.25, -0.2) is 0 Å². The van der Waals surface area contributed by atoms with Gasteiger partial charge in [0.25, 0.3) is 5.91 Å². The van der Waals surface area contributed by atoms with E-state index >= 15 is 0 Å². The Morgan fingerprint density at radius 2 is 1.96 bits per heavy atom. The molecule has 0 unspecified atom stereocenters. The molecule has 3 N–H and O–H groups in total. The molecule has 120 valence electrons. The first-order valence-corrected chi connectivity index (χ1v) is 7.30. The van der Waals surface area contributed by atoms with E-state index in [2.05, 4.69) is 5.32 Å². The van der Waals surface area contributed by atoms with E-state index in [0.29, 0.717) is 18.8 Å². The summed E-state index contributed by atoms with van der Waals surface area (Å²) in [5.41, 5.74) is 7.22. The molecule has 23 heavy (non-hydrogen) atoms. The van der Waals surface area contributed by atoms with Crippen molar-refractivity contribution in [2.75, 3.05) is 13.4 Å². The summed E-state index contributed by atoms with van der Waals surface area (Å²) in [6.07, 6.45) is 0. The Bertz CT molecular complexity index is 685. The predicted octanol–water partition coefficient (Wildman–Crippen LogP) is 1.57. The van der Waals surface area contributed by atoms with Crippen LogP contribution in [0.2, 0.25) is 0 Å². The maximum atomic E-state index is 10.7. The van der Waals surface area contributed by atoms with Crippen LogP contribution < -0.4 is 25.3 Å². The normalized spacial score (nSPS) is 12.2. The van der Waals surface area contributed by atoms with Gasteiger partial charge in [0.2, 0.25) is 6.79 Å². The number of primary amides is 1. The van der Waals surface area contributed by atoms with E-state index in [4.69, 9.17) is 19.9 Å². The molecule has 0 saturated carbocycles. The molecule has 0 aromatic heterocycles. The van der Waals surface area contributed by atoms with Gasteiger partial charge >= 0.3 is 0 Å². The van der Waals surface area contributed by atoms with E-state index in [9.17, 15) is 4.79 Å². The lowest BCUT2D eigenvalue weighted by molar-refractivity contribution is -0.119. The number of carbonyl (C=O) groups is 1. The van der Waals surface area contributed by atoms with Crippen LogP contribution in [0.1, 0.15) is 11.1 Å². The standard InChI is InChI=1S/C17H18N2O4/c18-16(20)10-21-14-6-4-12(5-7-14)8-19-9-13-2-1-3-15-17(13)23-11-22-15/h1-7,19H,8-11H2,(H2,18,20). The molecule has 0 radical (unpaired) electrons. The molecule has 1 amide bonds. The summed E-state index contributed by atoms with van der Waals surface area (Å²) in [4.78, 5) is 10.7. The Labute approximate surface area is 134 Å². The van der Waals surface area contributed by atoms with Crippen molar-refractivity contribution >= 4 is 5.91 Å². The van der Waals surface area contributed by atoms with Crippen molar-refractivity contribution < 1.29 is 19.0 Å². The first-order chi connectivity index (χ1) is 11.2. The minimum absolute atomic E-state index is 0.112. The summed E-state index contributed by atoms with van der Waals surface area (Å²) in [5.74, 6) is 1.74. The highest BCUT2D eigenvalue weighted by Gasteiger charge is 2.16. The second-order valence-corrected chi connectivity index (χ2v) is 5.15. The maximum absolute atomic E-state index is 10.7. The minimum Gasteiger partial charge on any atom is -0.484 e. The van der Waals surface area contributed by atoms with Crippen LogP contribution in [-0.2, 0) is 17.9 Å². The molecule has 0 fully saturated rings. The zero-order valence-corrected chi connectivity index (χ0v) is 12.6. The van der Waals surface area contributed by atoms with E-state index in [1.807, 2.05) is 42.5 Å². The fourth-order valence-corrected chi connectivity index (χ4v) is 2.33. The number of carbonyl (C=O) groups excluding carboxylic acids is 1. The molecule has 0 saturated heterocycles. The quantitative estimate of drug-likeness (QED) is 0.810. The summed E-state index contributed by atoms with van der Waals surface area (Å²) in [6, 6.07) is 13.4. The van der Waals surface area contributed by atoms with Gasteiger partial charge in [-0.05, 0) is 23.8 Å². The number of para-hydroxylation sites is 1. The number of hydrogen-bond acceptors (Lipinski definition) is 5. The highest BCUT2D eigenvalue weighted by Crippen LogP contribution is 2.35. The van der Waals surface area contributed by atoms with Gasteiger partial charge in [0.05, 0.1) is 0 Å². The van der Waals surface area contributed by atoms with Crippen molar-refractivity contribution in [1.82, 2.24) is 5.32 Å². The Kier molecular flexibility index (Phi) is 4.63. The Morgan fingerprint density at radius 1 is 1.13 bits per heavy atom. The largest absolute Gasteiger partial charge is 0.484 e. The van der Waals surface area contributed by atoms with Crippen molar-refractivity contribution in [3.63, 3.8) is 0 Å². The molecule has 0 aliphatic carbocycles. The van der Waals surface area contributed by atoms with Gasteiger partial charge in [0.15, 0.2) is 18.1 Å². The number of benzene rings is 2. The van der Waals surface area contributed by atoms with Gasteiger partial charge in [0.1, 0.15) is 5.75 Å². The number of ether oxygens (including phenoxy) is 3. The van der Waals surface area contributed by atoms with Gasteiger partial charge in [-0.15, -0.1) is 0 Å². The van der Waals surface area contributed by atoms with E-state index < -0.39 is 5.91 Å². The summed E-state index contributed by atoms with van der Waals surface area (Å²) < 4.78 is 16.1. The van der Waals surface area contributed by atoms with Crippen molar-refractivity contribution in [1.29, 1.82) is 0 Å². The van der Waals surface area contributed by atoms with Crippen molar-refractivity contribution in [3.05, 3.63) is 53.6 Å². The van der Waals surface area contributed by atoms with Crippen LogP contribution in [0.4, 0.5) is 0 Å². The highest BCUT2D eigenvalue weighted by molar-refractivity contribution is 5.75. The van der Waals surface area contributed by atoms with Gasteiger partial charge in [-0.1, -0.05) is 24.3 Å². The first kappa shape index (κ1) is 15.2. The molecule has 2 aromatic carbocycles. The van der Waals surface area contributed by atoms with E-state index in [1.54, 1.807) is 0 Å². The second kappa shape index (κ2) is 7.02. The fourth-order valence-electron chi connectivity index (χ4n) is 2.33. The summed E-state index contributed by atoms with van der Waals surface area (Å²) in [5, 5.41) is 3.37. The lowest BCUT2D eigenvalue weighted by Gasteiger charge is -2.09. The molecule has 3 rings (SSSR count). The molecule has 0 atom stereocenters. The average Bonchev–Trinajstić information content (AvgIpc) is 3.03. The number of rotatable bonds is 7. The Morgan fingerprint density at radius 3 is 2.74 bits per heavy atom. The minimum atomic E-state index is -0.489. The summed E-state index contributed by atoms with van der Waals surface area (Å²) in [7, 11) is 0. The number of nitrogens with two attached hydrogens (primary N) is 1. The third-order valence-electron chi connectivity index (χ3n) is 3.43. The van der Waals surface area contributed by atoms with Crippen LogP contribution in [0.25, 0.3) is 0 Å². The smallest absolute Gasteiger partial charge is 0.255 e. The van der Waals surface area contributed by atoms with Gasteiger partial charge in [0, 0.05) is 18.7 Å². The molecule has 1 aliphatic heterocycles. The predicted molar refractivity (Wildman–Crippen MR) is 84.2 cm³/mol. The number of hydrogen-bond donors (Lipinski definition) is 2. The highest BCUT2D eigenvalue weighted by atomic mass is 16.7. The third kappa shape index (κ3) is 3.92. The van der Waals surface area contributed by atoms with Crippen molar-refractivity contribution in [3.8, 4) is 17.2 Å². The Balaban J connectivity index is 1.51. The number of amides is 1. The lowest BCUT2D eigenvalue weighted by Crippen LogP contribution is -2.20. The van der Waals surface area contributed by atoms with Crippen LogP contribution in [-0.4, -0.2) is 19.3 Å². The van der Waals surface area contributed by atoms with Gasteiger partial charge in [-0.2, -0.15) is 0 Å². The van der Waals surface area contributed by atoms with Gasteiger partial charge < -0.3 is 25.3 Å².